The van der Waals surface area contributed by atoms with Crippen LogP contribution >= 0.6 is 90.4 Å². The number of hydrogen-bond acceptors (Lipinski definition) is 5. The van der Waals surface area contributed by atoms with Crippen LogP contribution in [0.1, 0.15) is 46.5 Å². The molecule has 1 atom stereocenters. The number of amides is 3. The number of hydrogen-bond donors (Lipinski definition) is 1. The Morgan fingerprint density at radius 3 is 1.95 bits per heavy atom. The van der Waals surface area contributed by atoms with E-state index in [-0.39, 0.29) is 23.5 Å². The fourth-order valence-electron chi connectivity index (χ4n) is 3.66. The highest BCUT2D eigenvalue weighted by molar-refractivity contribution is 14.1. The van der Waals surface area contributed by atoms with Gasteiger partial charge in [0.2, 0.25) is 0 Å². The van der Waals surface area contributed by atoms with Crippen LogP contribution in [0, 0.1) is 20.2 Å². The van der Waals surface area contributed by atoms with Gasteiger partial charge in [0.25, 0.3) is 17.7 Å². The zero-order chi connectivity index (χ0) is 27.8. The van der Waals surface area contributed by atoms with Gasteiger partial charge in [-0.3, -0.25) is 19.3 Å². The summed E-state index contributed by atoms with van der Waals surface area (Å²) in [5.74, 6) is -3.40. The third-order valence-corrected chi connectivity index (χ3v) is 12.7. The van der Waals surface area contributed by atoms with E-state index in [2.05, 4.69) is 50.5 Å². The first-order valence-corrected chi connectivity index (χ1v) is 14.8. The number of rotatable bonds is 7. The standard InChI is InChI=1S/C23H17F3I4N2O5/c1-9(2)7-12(32-20(34)14-15(21(32)35)17(28)19(30)18(29)16(14)27)22(36)37-8-13(33)31-11-6-4-3-5-10(11)23(24,25)26/h3-6,9,12H,7-8H2,1-2H3,(H,31,33). The van der Waals surface area contributed by atoms with Gasteiger partial charge in [-0.1, -0.05) is 26.0 Å². The van der Waals surface area contributed by atoms with Crippen molar-refractivity contribution >= 4 is 120 Å². The Bertz CT molecular complexity index is 1250. The van der Waals surface area contributed by atoms with Crippen molar-refractivity contribution in [2.24, 2.45) is 5.92 Å². The molecule has 37 heavy (non-hydrogen) atoms. The fourth-order valence-corrected chi connectivity index (χ4v) is 7.31. The van der Waals surface area contributed by atoms with Crippen molar-refractivity contribution in [3.8, 4) is 0 Å². The Morgan fingerprint density at radius 2 is 1.46 bits per heavy atom. The van der Waals surface area contributed by atoms with Gasteiger partial charge in [-0.05, 0) is 115 Å². The molecule has 0 spiro atoms. The lowest BCUT2D eigenvalue weighted by Gasteiger charge is -2.26. The number of ether oxygens (including phenoxy) is 1. The first-order chi connectivity index (χ1) is 17.2. The second-order valence-corrected chi connectivity index (χ2v) is 12.6. The predicted molar refractivity (Wildman–Crippen MR) is 162 cm³/mol. The monoisotopic (exact) mass is 966 g/mol. The third-order valence-electron chi connectivity index (χ3n) is 5.26. The number of carbonyl (C=O) groups is 4. The Balaban J connectivity index is 1.82. The van der Waals surface area contributed by atoms with Crippen molar-refractivity contribution in [1.82, 2.24) is 4.90 Å². The summed E-state index contributed by atoms with van der Waals surface area (Å²) >= 11 is 8.17. The van der Waals surface area contributed by atoms with E-state index >= 15 is 0 Å². The molecular formula is C23H17F3I4N2O5. The molecule has 1 aliphatic heterocycles. The van der Waals surface area contributed by atoms with Crippen molar-refractivity contribution in [3.05, 3.63) is 55.2 Å². The van der Waals surface area contributed by atoms with Crippen molar-refractivity contribution in [2.45, 2.75) is 32.5 Å². The van der Waals surface area contributed by atoms with Crippen molar-refractivity contribution in [2.75, 3.05) is 11.9 Å². The summed E-state index contributed by atoms with van der Waals surface area (Å²) in [6.07, 6.45) is -4.62. The zero-order valence-corrected chi connectivity index (χ0v) is 27.6. The first-order valence-electron chi connectivity index (χ1n) is 10.5. The van der Waals surface area contributed by atoms with Crippen molar-refractivity contribution in [1.29, 1.82) is 0 Å². The number of anilines is 1. The Labute approximate surface area is 264 Å². The molecule has 1 N–H and O–H groups in total. The second-order valence-electron chi connectivity index (χ2n) is 8.33. The highest BCUT2D eigenvalue weighted by atomic mass is 127. The second kappa shape index (κ2) is 12.2. The van der Waals surface area contributed by atoms with Crippen LogP contribution in [0.15, 0.2) is 24.3 Å². The quantitative estimate of drug-likeness (QED) is 0.116. The summed E-state index contributed by atoms with van der Waals surface area (Å²) in [6.45, 7) is 2.69. The average Bonchev–Trinajstić information content (AvgIpc) is 3.07. The van der Waals surface area contributed by atoms with E-state index in [0.29, 0.717) is 7.14 Å². The molecule has 0 aromatic heterocycles. The van der Waals surface area contributed by atoms with Gasteiger partial charge in [0.1, 0.15) is 6.04 Å². The Morgan fingerprint density at radius 1 is 0.946 bits per heavy atom. The zero-order valence-electron chi connectivity index (χ0n) is 19.0. The van der Waals surface area contributed by atoms with Crippen LogP contribution in [-0.2, 0) is 20.5 Å². The highest BCUT2D eigenvalue weighted by Gasteiger charge is 2.47. The lowest BCUT2D eigenvalue weighted by molar-refractivity contribution is -0.151. The molecule has 1 unspecified atom stereocenters. The molecule has 14 heteroatoms. The van der Waals surface area contributed by atoms with Crippen molar-refractivity contribution < 1.29 is 37.1 Å². The van der Waals surface area contributed by atoms with Gasteiger partial charge in [-0.2, -0.15) is 13.2 Å². The van der Waals surface area contributed by atoms with E-state index in [1.165, 1.54) is 12.1 Å². The normalized spacial score (nSPS) is 14.2. The molecule has 2 aromatic carbocycles. The topological polar surface area (TPSA) is 92.8 Å². The highest BCUT2D eigenvalue weighted by Crippen LogP contribution is 2.39. The smallest absolute Gasteiger partial charge is 0.418 e. The van der Waals surface area contributed by atoms with Gasteiger partial charge in [-0.25, -0.2) is 4.79 Å². The Hall–Kier alpha value is -0.770. The van der Waals surface area contributed by atoms with E-state index in [0.717, 1.165) is 24.2 Å². The molecule has 2 aromatic rings. The number of para-hydroxylation sites is 1. The summed E-state index contributed by atoms with van der Waals surface area (Å²) in [5, 5.41) is 2.09. The number of nitrogens with zero attached hydrogens (tertiary/aromatic N) is 1. The predicted octanol–water partition coefficient (Wildman–Crippen LogP) is 6.32. The number of imide groups is 1. The summed E-state index contributed by atoms with van der Waals surface area (Å²) < 4.78 is 47.5. The van der Waals surface area contributed by atoms with Gasteiger partial charge in [-0.15, -0.1) is 0 Å². The van der Waals surface area contributed by atoms with Gasteiger partial charge in [0.15, 0.2) is 6.61 Å². The number of alkyl halides is 3. The summed E-state index contributed by atoms with van der Waals surface area (Å²) in [7, 11) is 0. The molecule has 1 aliphatic rings. The molecule has 0 fully saturated rings. The third kappa shape index (κ3) is 6.52. The lowest BCUT2D eigenvalue weighted by Crippen LogP contribution is -2.47. The average molecular weight is 966 g/mol. The number of carbonyl (C=O) groups excluding carboxylic acids is 4. The molecule has 0 saturated carbocycles. The van der Waals surface area contributed by atoms with Gasteiger partial charge in [0.05, 0.1) is 22.4 Å². The van der Waals surface area contributed by atoms with Crippen molar-refractivity contribution in [3.63, 3.8) is 0 Å². The first kappa shape index (κ1) is 30.8. The maximum atomic E-state index is 13.4. The van der Waals surface area contributed by atoms with Crippen LogP contribution in [0.5, 0.6) is 0 Å². The maximum absolute atomic E-state index is 13.4. The van der Waals surface area contributed by atoms with E-state index in [1.54, 1.807) is 13.8 Å². The minimum atomic E-state index is -4.70. The molecule has 3 amide bonds. The number of benzene rings is 2. The van der Waals surface area contributed by atoms with Crippen LogP contribution in [0.3, 0.4) is 0 Å². The van der Waals surface area contributed by atoms with Crippen LogP contribution in [0.25, 0.3) is 0 Å². The van der Waals surface area contributed by atoms with Crippen LogP contribution in [0.4, 0.5) is 18.9 Å². The van der Waals surface area contributed by atoms with E-state index in [9.17, 15) is 32.3 Å². The molecule has 198 valence electrons. The maximum Gasteiger partial charge on any atom is 0.418 e. The number of esters is 1. The van der Waals surface area contributed by atoms with Gasteiger partial charge < -0.3 is 10.1 Å². The van der Waals surface area contributed by atoms with Crippen LogP contribution in [0.2, 0.25) is 0 Å². The summed E-state index contributed by atoms with van der Waals surface area (Å²) in [4.78, 5) is 53.0. The van der Waals surface area contributed by atoms with Crippen LogP contribution in [-0.4, -0.2) is 41.2 Å². The van der Waals surface area contributed by atoms with E-state index in [4.69, 9.17) is 4.74 Å². The van der Waals surface area contributed by atoms with Crippen LogP contribution < -0.4 is 5.32 Å². The Kier molecular flexibility index (Phi) is 10.1. The fraction of sp³-hybridized carbons (Fsp3) is 0.304. The number of halogens is 7. The molecule has 1 heterocycles. The molecule has 3 rings (SSSR count). The minimum Gasteiger partial charge on any atom is -0.454 e. The van der Waals surface area contributed by atoms with Gasteiger partial charge >= 0.3 is 12.1 Å². The molecule has 7 nitrogen and oxygen atoms in total. The van der Waals surface area contributed by atoms with E-state index < -0.39 is 53.8 Å². The molecule has 0 radical (unpaired) electrons. The molecule has 0 bridgehead atoms. The number of fused-ring (bicyclic) bond motifs is 1. The number of nitrogens with one attached hydrogen (secondary N) is 1. The summed E-state index contributed by atoms with van der Waals surface area (Å²) in [6, 6.07) is 3.08. The van der Waals surface area contributed by atoms with Gasteiger partial charge in [0, 0.05) is 14.3 Å². The molecule has 0 aliphatic carbocycles. The largest absolute Gasteiger partial charge is 0.454 e. The summed E-state index contributed by atoms with van der Waals surface area (Å²) in [5.41, 5.74) is -1.11. The molecular weight excluding hydrogens is 949 g/mol. The van der Waals surface area contributed by atoms with E-state index in [1.807, 2.05) is 45.2 Å². The lowest BCUT2D eigenvalue weighted by atomic mass is 10.0. The molecule has 0 saturated heterocycles. The minimum absolute atomic E-state index is 0.0736. The SMILES string of the molecule is CC(C)CC(C(=O)OCC(=O)Nc1ccccc1C(F)(F)F)N1C(=O)c2c(I)c(I)c(I)c(I)c2C1=O.